The lowest BCUT2D eigenvalue weighted by Crippen LogP contribution is -2.16. The molecule has 0 spiro atoms. The second-order valence-electron chi connectivity index (χ2n) is 6.15. The average Bonchev–Trinajstić information content (AvgIpc) is 2.97. The van der Waals surface area contributed by atoms with Crippen LogP contribution in [0.25, 0.3) is 10.9 Å². The van der Waals surface area contributed by atoms with Crippen molar-refractivity contribution in [3.63, 3.8) is 0 Å². The molecule has 0 amide bonds. The van der Waals surface area contributed by atoms with Gasteiger partial charge in [0, 0.05) is 29.5 Å². The Morgan fingerprint density at radius 2 is 1.92 bits per heavy atom. The molecule has 122 valence electrons. The maximum Gasteiger partial charge on any atom is 0.232 e. The van der Waals surface area contributed by atoms with E-state index in [-0.39, 0.29) is 5.91 Å². The molecule has 0 radical (unpaired) electrons. The van der Waals surface area contributed by atoms with Gasteiger partial charge in [-0.2, -0.15) is 0 Å². The van der Waals surface area contributed by atoms with Crippen LogP contribution >= 0.6 is 11.8 Å². The van der Waals surface area contributed by atoms with E-state index in [0.29, 0.717) is 6.42 Å². The summed E-state index contributed by atoms with van der Waals surface area (Å²) in [5.74, 6) is 0.967. The minimum absolute atomic E-state index is 0.206. The molecule has 3 aromatic rings. The minimum atomic E-state index is 0.206. The molecule has 1 aliphatic carbocycles. The van der Waals surface area contributed by atoms with E-state index in [1.165, 1.54) is 29.5 Å². The molecule has 0 unspecified atom stereocenters. The van der Waals surface area contributed by atoms with E-state index < -0.39 is 0 Å². The Balaban J connectivity index is 1.58. The molecule has 3 nitrogen and oxygen atoms in total. The van der Waals surface area contributed by atoms with Gasteiger partial charge in [-0.15, -0.1) is 11.8 Å². The van der Waals surface area contributed by atoms with Gasteiger partial charge in [-0.3, -0.25) is 9.36 Å². The van der Waals surface area contributed by atoms with Crippen LogP contribution in [0.1, 0.15) is 35.3 Å². The average molecular weight is 336 g/mol. The van der Waals surface area contributed by atoms with Crippen molar-refractivity contribution in [2.75, 3.05) is 5.75 Å². The SMILES string of the molecule is O=C(CCSc1ccccn1)n1c2c(c3ccccc31)CCCC2. The molecule has 2 heterocycles. The van der Waals surface area contributed by atoms with Crippen molar-refractivity contribution in [1.82, 2.24) is 9.55 Å². The highest BCUT2D eigenvalue weighted by atomic mass is 32.2. The minimum Gasteiger partial charge on any atom is -0.284 e. The number of nitrogens with zero attached hydrogens (tertiary/aromatic N) is 2. The van der Waals surface area contributed by atoms with Gasteiger partial charge in [0.05, 0.1) is 10.5 Å². The van der Waals surface area contributed by atoms with E-state index in [9.17, 15) is 4.79 Å². The Labute approximate surface area is 146 Å². The number of pyridine rings is 1. The summed E-state index contributed by atoms with van der Waals surface area (Å²) in [7, 11) is 0. The molecular formula is C20H20N2OS. The van der Waals surface area contributed by atoms with Crippen LogP contribution in [-0.4, -0.2) is 21.2 Å². The highest BCUT2D eigenvalue weighted by molar-refractivity contribution is 7.99. The number of para-hydroxylation sites is 1. The molecule has 1 aromatic carbocycles. The normalized spacial score (nSPS) is 13.8. The van der Waals surface area contributed by atoms with Crippen molar-refractivity contribution >= 4 is 28.6 Å². The maximum absolute atomic E-state index is 12.9. The first-order valence-electron chi connectivity index (χ1n) is 8.53. The second kappa shape index (κ2) is 6.81. The standard InChI is InChI=1S/C20H20N2OS/c23-20(12-14-24-19-11-5-6-13-21-19)22-17-9-3-1-7-15(17)16-8-2-4-10-18(16)22/h1,3,5-7,9,11,13H,2,4,8,10,12,14H2. The summed E-state index contributed by atoms with van der Waals surface area (Å²) in [5.41, 5.74) is 3.72. The summed E-state index contributed by atoms with van der Waals surface area (Å²) in [5, 5.41) is 2.24. The lowest BCUT2D eigenvalue weighted by Gasteiger charge is -2.15. The number of thioether (sulfide) groups is 1. The van der Waals surface area contributed by atoms with Crippen molar-refractivity contribution in [1.29, 1.82) is 0 Å². The Kier molecular flexibility index (Phi) is 4.39. The van der Waals surface area contributed by atoms with Gasteiger partial charge in [0.1, 0.15) is 0 Å². The summed E-state index contributed by atoms with van der Waals surface area (Å²) >= 11 is 1.64. The molecule has 0 saturated heterocycles. The number of hydrogen-bond donors (Lipinski definition) is 0. The fourth-order valence-electron chi connectivity index (χ4n) is 3.57. The molecule has 0 bridgehead atoms. The number of fused-ring (bicyclic) bond motifs is 3. The molecule has 4 rings (SSSR count). The van der Waals surface area contributed by atoms with Crippen LogP contribution in [-0.2, 0) is 12.8 Å². The van der Waals surface area contributed by atoms with E-state index in [1.807, 2.05) is 28.8 Å². The molecule has 0 N–H and O–H groups in total. The number of hydrogen-bond acceptors (Lipinski definition) is 3. The first-order valence-corrected chi connectivity index (χ1v) is 9.51. The first kappa shape index (κ1) is 15.5. The summed E-state index contributed by atoms with van der Waals surface area (Å²) < 4.78 is 1.99. The van der Waals surface area contributed by atoms with E-state index in [1.54, 1.807) is 18.0 Å². The number of carbonyl (C=O) groups excluding carboxylic acids is 1. The Bertz CT molecular complexity index is 870. The first-order chi connectivity index (χ1) is 11.8. The van der Waals surface area contributed by atoms with Crippen LogP contribution in [0.5, 0.6) is 0 Å². The van der Waals surface area contributed by atoms with Gasteiger partial charge < -0.3 is 0 Å². The Morgan fingerprint density at radius 3 is 2.79 bits per heavy atom. The van der Waals surface area contributed by atoms with Crippen LogP contribution in [0.15, 0.2) is 53.7 Å². The van der Waals surface area contributed by atoms with Crippen LogP contribution in [0.3, 0.4) is 0 Å². The fourth-order valence-corrected chi connectivity index (χ4v) is 4.36. The highest BCUT2D eigenvalue weighted by Crippen LogP contribution is 2.32. The molecule has 2 aromatic heterocycles. The number of aryl methyl sites for hydroxylation is 1. The number of aromatic nitrogens is 2. The van der Waals surface area contributed by atoms with Crippen LogP contribution in [0, 0.1) is 0 Å². The largest absolute Gasteiger partial charge is 0.284 e. The maximum atomic E-state index is 12.9. The van der Waals surface area contributed by atoms with Crippen molar-refractivity contribution in [2.45, 2.75) is 37.1 Å². The van der Waals surface area contributed by atoms with E-state index >= 15 is 0 Å². The summed E-state index contributed by atoms with van der Waals surface area (Å²) in [4.78, 5) is 17.2. The molecule has 4 heteroatoms. The zero-order valence-corrected chi connectivity index (χ0v) is 14.4. The van der Waals surface area contributed by atoms with Gasteiger partial charge in [0.15, 0.2) is 0 Å². The summed E-state index contributed by atoms with van der Waals surface area (Å²) in [6, 6.07) is 14.2. The van der Waals surface area contributed by atoms with Crippen LogP contribution in [0.2, 0.25) is 0 Å². The number of benzene rings is 1. The third-order valence-electron chi connectivity index (χ3n) is 4.63. The van der Waals surface area contributed by atoms with Gasteiger partial charge in [-0.1, -0.05) is 24.3 Å². The van der Waals surface area contributed by atoms with Crippen LogP contribution in [0.4, 0.5) is 0 Å². The van der Waals surface area contributed by atoms with E-state index in [4.69, 9.17) is 0 Å². The van der Waals surface area contributed by atoms with Gasteiger partial charge >= 0.3 is 0 Å². The van der Waals surface area contributed by atoms with Gasteiger partial charge in [0.2, 0.25) is 5.91 Å². The quantitative estimate of drug-likeness (QED) is 0.646. The third-order valence-corrected chi connectivity index (χ3v) is 5.58. The molecule has 0 atom stereocenters. The van der Waals surface area contributed by atoms with Crippen molar-refractivity contribution in [3.05, 3.63) is 59.9 Å². The molecule has 0 fully saturated rings. The Morgan fingerprint density at radius 1 is 1.08 bits per heavy atom. The van der Waals surface area contributed by atoms with Gasteiger partial charge in [-0.25, -0.2) is 4.98 Å². The molecule has 0 aliphatic heterocycles. The monoisotopic (exact) mass is 336 g/mol. The molecule has 0 saturated carbocycles. The zero-order chi connectivity index (χ0) is 16.4. The molecule has 24 heavy (non-hydrogen) atoms. The van der Waals surface area contributed by atoms with Crippen molar-refractivity contribution < 1.29 is 4.79 Å². The lowest BCUT2D eigenvalue weighted by atomic mass is 9.95. The highest BCUT2D eigenvalue weighted by Gasteiger charge is 2.22. The van der Waals surface area contributed by atoms with E-state index in [0.717, 1.165) is 29.1 Å². The predicted molar refractivity (Wildman–Crippen MR) is 98.8 cm³/mol. The third kappa shape index (κ3) is 2.86. The van der Waals surface area contributed by atoms with Crippen LogP contribution < -0.4 is 0 Å². The van der Waals surface area contributed by atoms with Crippen molar-refractivity contribution in [3.8, 4) is 0 Å². The second-order valence-corrected chi connectivity index (χ2v) is 7.26. The number of carbonyl (C=O) groups is 1. The van der Waals surface area contributed by atoms with Gasteiger partial charge in [-0.05, 0) is 49.4 Å². The lowest BCUT2D eigenvalue weighted by molar-refractivity contribution is 0.0912. The van der Waals surface area contributed by atoms with E-state index in [2.05, 4.69) is 23.2 Å². The predicted octanol–water partition coefficient (Wildman–Crippen LogP) is 4.74. The summed E-state index contributed by atoms with van der Waals surface area (Å²) in [6.07, 6.45) is 6.85. The van der Waals surface area contributed by atoms with Crippen molar-refractivity contribution in [2.24, 2.45) is 0 Å². The smallest absolute Gasteiger partial charge is 0.232 e. The Hall–Kier alpha value is -2.07. The zero-order valence-electron chi connectivity index (χ0n) is 13.6. The fraction of sp³-hybridized carbons (Fsp3) is 0.300. The summed E-state index contributed by atoms with van der Waals surface area (Å²) in [6.45, 7) is 0. The number of rotatable bonds is 4. The molecular weight excluding hydrogens is 316 g/mol. The van der Waals surface area contributed by atoms with Gasteiger partial charge in [0.25, 0.3) is 0 Å². The molecule has 1 aliphatic rings. The topological polar surface area (TPSA) is 34.9 Å².